The van der Waals surface area contributed by atoms with Crippen molar-refractivity contribution in [2.45, 2.75) is 0 Å². The molecule has 3 aromatic rings. The molecule has 10 heteroatoms. The molecule has 1 aromatic heterocycles. The zero-order valence-corrected chi connectivity index (χ0v) is 22.6. The fourth-order valence-electron chi connectivity index (χ4n) is 2.62. The van der Waals surface area contributed by atoms with Crippen LogP contribution in [-0.2, 0) is 0 Å². The SMILES string of the molecule is COc1c(I)c(I)cc(C(=O)Nc2csc(-c3cccc(Cl)c3)c2C(=O)O)c1I. The van der Waals surface area contributed by atoms with E-state index in [2.05, 4.69) is 73.1 Å². The van der Waals surface area contributed by atoms with E-state index in [-0.39, 0.29) is 11.3 Å². The number of carboxylic acids is 1. The average Bonchev–Trinajstić information content (AvgIpc) is 3.09. The Hall–Kier alpha value is -0.640. The van der Waals surface area contributed by atoms with E-state index in [4.69, 9.17) is 16.3 Å². The molecule has 1 amide bonds. The number of aromatic carboxylic acids is 1. The van der Waals surface area contributed by atoms with Crippen LogP contribution in [0.25, 0.3) is 10.4 Å². The van der Waals surface area contributed by atoms with Crippen molar-refractivity contribution < 1.29 is 19.4 Å². The summed E-state index contributed by atoms with van der Waals surface area (Å²) in [7, 11) is 1.55. The number of anilines is 1. The lowest BCUT2D eigenvalue weighted by Crippen LogP contribution is -2.16. The first kappa shape index (κ1) is 23.0. The number of hydrogen-bond donors (Lipinski definition) is 2. The van der Waals surface area contributed by atoms with Gasteiger partial charge < -0.3 is 15.2 Å². The van der Waals surface area contributed by atoms with Crippen LogP contribution >= 0.6 is 90.7 Å². The van der Waals surface area contributed by atoms with Crippen LogP contribution in [0.15, 0.2) is 35.7 Å². The Kier molecular flexibility index (Phi) is 7.67. The lowest BCUT2D eigenvalue weighted by atomic mass is 10.1. The number of methoxy groups -OCH3 is 1. The van der Waals surface area contributed by atoms with Crippen molar-refractivity contribution in [2.75, 3.05) is 12.4 Å². The molecule has 0 saturated heterocycles. The zero-order valence-electron chi connectivity index (χ0n) is 14.6. The van der Waals surface area contributed by atoms with Gasteiger partial charge in [-0.25, -0.2) is 4.79 Å². The molecule has 150 valence electrons. The van der Waals surface area contributed by atoms with Gasteiger partial charge >= 0.3 is 5.97 Å². The molecule has 0 fully saturated rings. The molecule has 0 radical (unpaired) electrons. The van der Waals surface area contributed by atoms with Gasteiger partial charge in [-0.15, -0.1) is 11.3 Å². The van der Waals surface area contributed by atoms with Crippen LogP contribution in [0, 0.1) is 10.7 Å². The van der Waals surface area contributed by atoms with Gasteiger partial charge in [-0.2, -0.15) is 0 Å². The van der Waals surface area contributed by atoms with Crippen molar-refractivity contribution in [3.05, 3.63) is 62.6 Å². The van der Waals surface area contributed by atoms with Crippen LogP contribution in [0.5, 0.6) is 5.75 Å². The number of hydrogen-bond acceptors (Lipinski definition) is 4. The smallest absolute Gasteiger partial charge is 0.339 e. The molecular weight excluding hydrogens is 754 g/mol. The topological polar surface area (TPSA) is 75.6 Å². The molecule has 0 aliphatic heterocycles. The number of benzene rings is 2. The normalized spacial score (nSPS) is 10.7. The van der Waals surface area contributed by atoms with E-state index >= 15 is 0 Å². The van der Waals surface area contributed by atoms with Gasteiger partial charge in [0, 0.05) is 14.0 Å². The molecule has 29 heavy (non-hydrogen) atoms. The molecule has 0 aliphatic rings. The van der Waals surface area contributed by atoms with Crippen LogP contribution in [-0.4, -0.2) is 24.1 Å². The van der Waals surface area contributed by atoms with E-state index in [1.54, 1.807) is 42.8 Å². The second-order valence-electron chi connectivity index (χ2n) is 5.69. The third-order valence-electron chi connectivity index (χ3n) is 3.90. The van der Waals surface area contributed by atoms with Crippen molar-refractivity contribution in [2.24, 2.45) is 0 Å². The Morgan fingerprint density at radius 2 is 1.90 bits per heavy atom. The molecule has 0 saturated carbocycles. The Morgan fingerprint density at radius 3 is 2.52 bits per heavy atom. The largest absolute Gasteiger partial charge is 0.494 e. The first-order chi connectivity index (χ1) is 13.7. The quantitative estimate of drug-likeness (QED) is 0.221. The lowest BCUT2D eigenvalue weighted by molar-refractivity contribution is 0.0699. The highest BCUT2D eigenvalue weighted by molar-refractivity contribution is 14.1. The minimum atomic E-state index is -1.12. The maximum atomic E-state index is 13.0. The highest BCUT2D eigenvalue weighted by Crippen LogP contribution is 2.38. The molecule has 0 spiro atoms. The van der Waals surface area contributed by atoms with Crippen LogP contribution < -0.4 is 10.1 Å². The Bertz CT molecular complexity index is 1130. The number of ether oxygens (including phenoxy) is 1. The summed E-state index contributed by atoms with van der Waals surface area (Å²) in [5, 5.41) is 14.6. The van der Waals surface area contributed by atoms with Gasteiger partial charge in [0.2, 0.25) is 0 Å². The van der Waals surface area contributed by atoms with Crippen molar-refractivity contribution in [1.82, 2.24) is 0 Å². The monoisotopic (exact) mass is 765 g/mol. The lowest BCUT2D eigenvalue weighted by Gasteiger charge is -2.13. The predicted molar refractivity (Wildman–Crippen MR) is 141 cm³/mol. The zero-order chi connectivity index (χ0) is 21.3. The number of carbonyl (C=O) groups excluding carboxylic acids is 1. The van der Waals surface area contributed by atoms with Gasteiger partial charge in [-0.1, -0.05) is 23.7 Å². The number of nitrogens with one attached hydrogen (secondary N) is 1. The highest BCUT2D eigenvalue weighted by Gasteiger charge is 2.24. The van der Waals surface area contributed by atoms with E-state index in [1.807, 2.05) is 0 Å². The summed E-state index contributed by atoms with van der Waals surface area (Å²) < 4.78 is 7.87. The molecular formula is C19H11ClI3NO4S. The van der Waals surface area contributed by atoms with Gasteiger partial charge in [0.25, 0.3) is 5.91 Å². The van der Waals surface area contributed by atoms with E-state index in [1.165, 1.54) is 11.3 Å². The minimum Gasteiger partial charge on any atom is -0.494 e. The summed E-state index contributed by atoms with van der Waals surface area (Å²) in [5.74, 6) is -0.910. The van der Waals surface area contributed by atoms with Gasteiger partial charge in [0.1, 0.15) is 11.3 Å². The van der Waals surface area contributed by atoms with E-state index < -0.39 is 11.9 Å². The summed E-state index contributed by atoms with van der Waals surface area (Å²) in [5.41, 5.74) is 1.37. The van der Waals surface area contributed by atoms with E-state index in [0.29, 0.717) is 30.3 Å². The average molecular weight is 766 g/mol. The minimum absolute atomic E-state index is 0.0350. The summed E-state index contributed by atoms with van der Waals surface area (Å²) in [6, 6.07) is 8.71. The first-order valence-electron chi connectivity index (χ1n) is 7.88. The number of carbonyl (C=O) groups is 2. The third-order valence-corrected chi connectivity index (χ3v) is 9.19. The van der Waals surface area contributed by atoms with Crippen LogP contribution in [0.1, 0.15) is 20.7 Å². The maximum absolute atomic E-state index is 13.0. The number of carboxylic acid groups (broad SMARTS) is 1. The number of halogens is 4. The maximum Gasteiger partial charge on any atom is 0.339 e. The number of rotatable bonds is 5. The molecule has 5 nitrogen and oxygen atoms in total. The van der Waals surface area contributed by atoms with Gasteiger partial charge in [-0.3, -0.25) is 4.79 Å². The number of thiophene rings is 1. The van der Waals surface area contributed by atoms with Crippen molar-refractivity contribution >= 4 is 108 Å². The molecule has 2 N–H and O–H groups in total. The van der Waals surface area contributed by atoms with E-state index in [0.717, 1.165) is 7.14 Å². The molecule has 1 heterocycles. The van der Waals surface area contributed by atoms with Crippen molar-refractivity contribution in [3.8, 4) is 16.2 Å². The van der Waals surface area contributed by atoms with Crippen molar-refractivity contribution in [1.29, 1.82) is 0 Å². The number of amides is 1. The molecule has 0 unspecified atom stereocenters. The Balaban J connectivity index is 2.03. The first-order valence-corrected chi connectivity index (χ1v) is 12.4. The van der Waals surface area contributed by atoms with Gasteiger partial charge in [-0.05, 0) is 91.5 Å². The van der Waals surface area contributed by atoms with Crippen molar-refractivity contribution in [3.63, 3.8) is 0 Å². The molecule has 0 atom stereocenters. The van der Waals surface area contributed by atoms with Crippen LogP contribution in [0.3, 0.4) is 0 Å². The summed E-state index contributed by atoms with van der Waals surface area (Å²) in [6.45, 7) is 0. The van der Waals surface area contributed by atoms with E-state index in [9.17, 15) is 14.7 Å². The summed E-state index contributed by atoms with van der Waals surface area (Å²) in [6.07, 6.45) is 0. The molecule has 2 aromatic carbocycles. The molecule has 3 rings (SSSR count). The summed E-state index contributed by atoms with van der Waals surface area (Å²) in [4.78, 5) is 25.4. The second-order valence-corrected chi connectivity index (χ2v) is 10.3. The predicted octanol–water partition coefficient (Wildman–Crippen LogP) is 6.84. The van der Waals surface area contributed by atoms with Gasteiger partial charge in [0.05, 0.1) is 30.4 Å². The highest BCUT2D eigenvalue weighted by atomic mass is 127. The van der Waals surface area contributed by atoms with Crippen LogP contribution in [0.2, 0.25) is 5.02 Å². The third kappa shape index (κ3) is 4.83. The molecule has 0 bridgehead atoms. The molecule has 0 aliphatic carbocycles. The summed E-state index contributed by atoms with van der Waals surface area (Å²) >= 11 is 13.6. The van der Waals surface area contributed by atoms with Gasteiger partial charge in [0.15, 0.2) is 0 Å². The Labute approximate surface area is 216 Å². The fraction of sp³-hybridized carbons (Fsp3) is 0.0526. The van der Waals surface area contributed by atoms with Crippen LogP contribution in [0.4, 0.5) is 5.69 Å². The second kappa shape index (κ2) is 9.66. The fourth-order valence-corrected chi connectivity index (χ4v) is 6.41. The Morgan fingerprint density at radius 1 is 1.17 bits per heavy atom. The standard InChI is InChI=1S/C19H11ClI3NO4S/c1-28-16-14(22)10(6-11(21)15(16)23)18(25)24-12-7-29-17(13(12)19(26)27)8-3-2-4-9(20)5-8/h2-7H,1H3,(H,24,25)(H,26,27).